The minimum atomic E-state index is -3.57. The van der Waals surface area contributed by atoms with Gasteiger partial charge in [0.2, 0.25) is 10.0 Å². The Bertz CT molecular complexity index is 634. The predicted octanol–water partition coefficient (Wildman–Crippen LogP) is 2.52. The maximum atomic E-state index is 12.6. The van der Waals surface area contributed by atoms with E-state index in [0.29, 0.717) is 44.2 Å². The lowest BCUT2D eigenvalue weighted by Crippen LogP contribution is -2.47. The van der Waals surface area contributed by atoms with Gasteiger partial charge in [0.25, 0.3) is 0 Å². The quantitative estimate of drug-likeness (QED) is 0.821. The van der Waals surface area contributed by atoms with Crippen molar-refractivity contribution in [3.8, 4) is 0 Å². The fourth-order valence-corrected chi connectivity index (χ4v) is 4.47. The molecule has 0 saturated carbocycles. The van der Waals surface area contributed by atoms with Crippen LogP contribution < -0.4 is 0 Å². The maximum Gasteiger partial charge on any atom is 0.243 e. The van der Waals surface area contributed by atoms with Gasteiger partial charge in [-0.15, -0.1) is 0 Å². The standard InChI is InChI=1S/C13H15Cl2NO4S/c14-11-2-1-10(9-12(11)15)21(17,18)16-5-3-13(4-6-16)19-7-8-20-13/h1-2,9H,3-8H2. The van der Waals surface area contributed by atoms with Crippen LogP contribution in [0, 0.1) is 0 Å². The molecule has 2 aliphatic rings. The molecule has 0 atom stereocenters. The molecule has 116 valence electrons. The Morgan fingerprint density at radius 1 is 1.05 bits per heavy atom. The molecule has 2 aliphatic heterocycles. The number of nitrogens with zero attached hydrogens (tertiary/aromatic N) is 1. The Morgan fingerprint density at radius 3 is 2.24 bits per heavy atom. The predicted molar refractivity (Wildman–Crippen MR) is 79.1 cm³/mol. The molecule has 21 heavy (non-hydrogen) atoms. The number of benzene rings is 1. The highest BCUT2D eigenvalue weighted by molar-refractivity contribution is 7.89. The molecule has 1 aromatic rings. The monoisotopic (exact) mass is 351 g/mol. The molecule has 2 heterocycles. The summed E-state index contributed by atoms with van der Waals surface area (Å²) in [5, 5.41) is 0.564. The Kier molecular flexibility index (Phi) is 4.20. The highest BCUT2D eigenvalue weighted by atomic mass is 35.5. The van der Waals surface area contributed by atoms with E-state index in [4.69, 9.17) is 32.7 Å². The molecule has 0 amide bonds. The van der Waals surface area contributed by atoms with Gasteiger partial charge in [-0.3, -0.25) is 0 Å². The summed E-state index contributed by atoms with van der Waals surface area (Å²) in [5.41, 5.74) is 0. The Morgan fingerprint density at radius 2 is 1.67 bits per heavy atom. The van der Waals surface area contributed by atoms with E-state index in [1.165, 1.54) is 22.5 Å². The summed E-state index contributed by atoms with van der Waals surface area (Å²) in [6.07, 6.45) is 1.07. The molecule has 0 N–H and O–H groups in total. The van der Waals surface area contributed by atoms with Crippen molar-refractivity contribution in [2.24, 2.45) is 0 Å². The second kappa shape index (κ2) is 5.68. The van der Waals surface area contributed by atoms with Crippen LogP contribution in [0.2, 0.25) is 10.0 Å². The molecule has 5 nitrogen and oxygen atoms in total. The molecule has 3 rings (SSSR count). The van der Waals surface area contributed by atoms with Crippen molar-refractivity contribution in [2.75, 3.05) is 26.3 Å². The molecule has 8 heteroatoms. The summed E-state index contributed by atoms with van der Waals surface area (Å²) in [5.74, 6) is -0.594. The van der Waals surface area contributed by atoms with Crippen LogP contribution in [-0.4, -0.2) is 44.8 Å². The molecule has 1 spiro atoms. The average molecular weight is 352 g/mol. The summed E-state index contributed by atoms with van der Waals surface area (Å²) in [6.45, 7) is 1.87. The summed E-state index contributed by atoms with van der Waals surface area (Å²) < 4.78 is 37.8. The third kappa shape index (κ3) is 2.93. The molecular weight excluding hydrogens is 337 g/mol. The van der Waals surface area contributed by atoms with Gasteiger partial charge in [-0.1, -0.05) is 23.2 Å². The van der Waals surface area contributed by atoms with E-state index in [1.54, 1.807) is 0 Å². The van der Waals surface area contributed by atoms with E-state index in [9.17, 15) is 8.42 Å². The summed E-state index contributed by atoms with van der Waals surface area (Å²) >= 11 is 11.7. The van der Waals surface area contributed by atoms with Crippen LogP contribution in [-0.2, 0) is 19.5 Å². The van der Waals surface area contributed by atoms with Crippen molar-refractivity contribution >= 4 is 33.2 Å². The van der Waals surface area contributed by atoms with Crippen LogP contribution in [0.4, 0.5) is 0 Å². The smallest absolute Gasteiger partial charge is 0.243 e. The topological polar surface area (TPSA) is 55.8 Å². The van der Waals surface area contributed by atoms with E-state index in [2.05, 4.69) is 0 Å². The number of hydrogen-bond acceptors (Lipinski definition) is 4. The number of hydrogen-bond donors (Lipinski definition) is 0. The molecule has 2 saturated heterocycles. The third-order valence-corrected chi connectivity index (χ3v) is 6.46. The van der Waals surface area contributed by atoms with Crippen LogP contribution in [0.15, 0.2) is 23.1 Å². The zero-order valence-corrected chi connectivity index (χ0v) is 13.5. The Hall–Kier alpha value is -0.370. The van der Waals surface area contributed by atoms with E-state index >= 15 is 0 Å². The summed E-state index contributed by atoms with van der Waals surface area (Å²) in [4.78, 5) is 0.154. The number of sulfonamides is 1. The second-order valence-corrected chi connectivity index (χ2v) is 7.84. The minimum Gasteiger partial charge on any atom is -0.347 e. The highest BCUT2D eigenvalue weighted by Crippen LogP contribution is 2.34. The number of piperidine rings is 1. The first-order chi connectivity index (χ1) is 9.93. The van der Waals surface area contributed by atoms with Gasteiger partial charge in [0.1, 0.15) is 0 Å². The lowest BCUT2D eigenvalue weighted by Gasteiger charge is -2.36. The van der Waals surface area contributed by atoms with Crippen LogP contribution in [0.5, 0.6) is 0 Å². The van der Waals surface area contributed by atoms with Crippen molar-refractivity contribution in [3.63, 3.8) is 0 Å². The van der Waals surface area contributed by atoms with Gasteiger partial charge in [0.05, 0.1) is 28.2 Å². The van der Waals surface area contributed by atoms with Crippen LogP contribution in [0.1, 0.15) is 12.8 Å². The van der Waals surface area contributed by atoms with Crippen molar-refractivity contribution < 1.29 is 17.9 Å². The molecule has 2 fully saturated rings. The largest absolute Gasteiger partial charge is 0.347 e. The van der Waals surface area contributed by atoms with Gasteiger partial charge in [-0.2, -0.15) is 4.31 Å². The molecule has 0 unspecified atom stereocenters. The van der Waals surface area contributed by atoms with Gasteiger partial charge in [0.15, 0.2) is 5.79 Å². The molecular formula is C13H15Cl2NO4S. The fraction of sp³-hybridized carbons (Fsp3) is 0.538. The first-order valence-electron chi connectivity index (χ1n) is 6.66. The first kappa shape index (κ1) is 15.5. The summed E-state index contributed by atoms with van der Waals surface area (Å²) in [7, 11) is -3.57. The summed E-state index contributed by atoms with van der Waals surface area (Å²) in [6, 6.07) is 4.34. The van der Waals surface area contributed by atoms with Gasteiger partial charge in [-0.25, -0.2) is 8.42 Å². The van der Waals surface area contributed by atoms with Crippen molar-refractivity contribution in [1.82, 2.24) is 4.31 Å². The van der Waals surface area contributed by atoms with Gasteiger partial charge in [0, 0.05) is 25.9 Å². The molecule has 1 aromatic carbocycles. The molecule has 0 aliphatic carbocycles. The first-order valence-corrected chi connectivity index (χ1v) is 8.86. The Labute approximate surface area is 133 Å². The van der Waals surface area contributed by atoms with Crippen molar-refractivity contribution in [1.29, 1.82) is 0 Å². The van der Waals surface area contributed by atoms with E-state index in [1.807, 2.05) is 0 Å². The van der Waals surface area contributed by atoms with Crippen molar-refractivity contribution in [3.05, 3.63) is 28.2 Å². The van der Waals surface area contributed by atoms with Gasteiger partial charge in [-0.05, 0) is 18.2 Å². The maximum absolute atomic E-state index is 12.6. The second-order valence-electron chi connectivity index (χ2n) is 5.09. The molecule has 0 aromatic heterocycles. The third-order valence-electron chi connectivity index (χ3n) is 3.83. The lowest BCUT2D eigenvalue weighted by molar-refractivity contribution is -0.179. The molecule has 0 radical (unpaired) electrons. The van der Waals surface area contributed by atoms with E-state index in [-0.39, 0.29) is 9.92 Å². The lowest BCUT2D eigenvalue weighted by atomic mass is 10.1. The van der Waals surface area contributed by atoms with E-state index in [0.717, 1.165) is 0 Å². The SMILES string of the molecule is O=S(=O)(c1ccc(Cl)c(Cl)c1)N1CCC2(CC1)OCCO2. The zero-order valence-electron chi connectivity index (χ0n) is 11.2. The van der Waals surface area contributed by atoms with Gasteiger partial charge < -0.3 is 9.47 Å². The van der Waals surface area contributed by atoms with E-state index < -0.39 is 15.8 Å². The van der Waals surface area contributed by atoms with Crippen LogP contribution in [0.25, 0.3) is 0 Å². The Balaban J connectivity index is 1.78. The van der Waals surface area contributed by atoms with Crippen LogP contribution in [0.3, 0.4) is 0 Å². The van der Waals surface area contributed by atoms with Crippen LogP contribution >= 0.6 is 23.2 Å². The number of ether oxygens (including phenoxy) is 2. The molecule has 0 bridgehead atoms. The van der Waals surface area contributed by atoms with Gasteiger partial charge >= 0.3 is 0 Å². The fourth-order valence-electron chi connectivity index (χ4n) is 2.64. The highest BCUT2D eigenvalue weighted by Gasteiger charge is 2.42. The minimum absolute atomic E-state index is 0.154. The number of halogens is 2. The zero-order chi connectivity index (χ0) is 15.1. The average Bonchev–Trinajstić information content (AvgIpc) is 2.90. The number of rotatable bonds is 2. The van der Waals surface area contributed by atoms with Crippen molar-refractivity contribution in [2.45, 2.75) is 23.5 Å². The normalized spacial score (nSPS) is 22.8.